The zero-order valence-electron chi connectivity index (χ0n) is 6.87. The summed E-state index contributed by atoms with van der Waals surface area (Å²) < 4.78 is 5.43. The molecule has 0 atom stereocenters. The summed E-state index contributed by atoms with van der Waals surface area (Å²) in [6.07, 6.45) is 3.53. The molecule has 1 rings (SSSR count). The van der Waals surface area contributed by atoms with Gasteiger partial charge in [0.15, 0.2) is 0 Å². The van der Waals surface area contributed by atoms with E-state index < -0.39 is 5.60 Å². The molecule has 0 unspecified atom stereocenters. The predicted molar refractivity (Wildman–Crippen MR) is 43.7 cm³/mol. The number of hydrogen-bond donors (Lipinski definition) is 1. The van der Waals surface area contributed by atoms with Crippen molar-refractivity contribution in [2.45, 2.75) is 19.4 Å². The Balaban J connectivity index is 2.42. The van der Waals surface area contributed by atoms with E-state index in [4.69, 9.17) is 9.84 Å². The van der Waals surface area contributed by atoms with Crippen LogP contribution in [0.3, 0.4) is 0 Å². The van der Waals surface area contributed by atoms with Crippen molar-refractivity contribution in [3.63, 3.8) is 0 Å². The topological polar surface area (TPSA) is 41.8 Å². The molecule has 1 aliphatic heterocycles. The van der Waals surface area contributed by atoms with Gasteiger partial charge >= 0.3 is 0 Å². The third-order valence-electron chi connectivity index (χ3n) is 1.40. The van der Waals surface area contributed by atoms with E-state index in [0.29, 0.717) is 6.54 Å². The highest BCUT2D eigenvalue weighted by Crippen LogP contribution is 2.15. The van der Waals surface area contributed by atoms with Gasteiger partial charge in [-0.1, -0.05) is 0 Å². The molecular formula is C8H13NO2. The van der Waals surface area contributed by atoms with Crippen molar-refractivity contribution in [2.24, 2.45) is 4.99 Å². The fourth-order valence-corrected chi connectivity index (χ4v) is 0.785. The Morgan fingerprint density at radius 2 is 2.45 bits per heavy atom. The Labute approximate surface area is 66.4 Å². The molecule has 0 aromatic heterocycles. The summed E-state index contributed by atoms with van der Waals surface area (Å²) in [5.41, 5.74) is -0.487. The van der Waals surface area contributed by atoms with Crippen LogP contribution in [0.1, 0.15) is 13.8 Å². The second kappa shape index (κ2) is 3.05. The number of aliphatic hydroxyl groups is 1. The Morgan fingerprint density at radius 3 is 2.91 bits per heavy atom. The van der Waals surface area contributed by atoms with Crippen molar-refractivity contribution >= 4 is 6.21 Å². The molecule has 1 heterocycles. The van der Waals surface area contributed by atoms with E-state index in [-0.39, 0.29) is 6.61 Å². The van der Waals surface area contributed by atoms with Crippen LogP contribution < -0.4 is 0 Å². The van der Waals surface area contributed by atoms with Crippen LogP contribution in [-0.2, 0) is 4.74 Å². The maximum atomic E-state index is 8.86. The first-order chi connectivity index (χ1) is 5.14. The molecule has 0 spiro atoms. The second-order valence-electron chi connectivity index (χ2n) is 3.14. The van der Waals surface area contributed by atoms with Gasteiger partial charge in [-0.25, -0.2) is 0 Å². The summed E-state index contributed by atoms with van der Waals surface area (Å²) in [6, 6.07) is 0. The lowest BCUT2D eigenvalue weighted by molar-refractivity contribution is -0.0128. The molecule has 0 amide bonds. The number of allylic oxidation sites excluding steroid dienone is 1. The lowest BCUT2D eigenvalue weighted by Gasteiger charge is -2.24. The number of aliphatic hydroxyl groups excluding tert-OH is 1. The van der Waals surface area contributed by atoms with E-state index in [9.17, 15) is 0 Å². The van der Waals surface area contributed by atoms with E-state index in [1.807, 2.05) is 19.9 Å². The Hall–Kier alpha value is -0.830. The average molecular weight is 155 g/mol. The summed E-state index contributed by atoms with van der Waals surface area (Å²) in [5, 5.41) is 8.86. The molecule has 3 heteroatoms. The number of nitrogens with zero attached hydrogens (tertiary/aromatic N) is 1. The van der Waals surface area contributed by atoms with E-state index in [0.717, 1.165) is 5.76 Å². The minimum absolute atomic E-state index is 0.0182. The molecule has 62 valence electrons. The minimum Gasteiger partial charge on any atom is -0.488 e. The molecule has 0 saturated carbocycles. The standard InChI is InChI=1S/C8H13NO2/c1-8(2,6-10)11-7-3-4-9-5-7/h3-4,10H,5-6H2,1-2H3. The van der Waals surface area contributed by atoms with E-state index in [2.05, 4.69) is 4.99 Å². The normalized spacial score (nSPS) is 16.8. The van der Waals surface area contributed by atoms with Crippen LogP contribution in [-0.4, -0.2) is 30.1 Å². The molecule has 0 bridgehead atoms. The van der Waals surface area contributed by atoms with Gasteiger partial charge < -0.3 is 9.84 Å². The van der Waals surface area contributed by atoms with Gasteiger partial charge in [-0.15, -0.1) is 0 Å². The van der Waals surface area contributed by atoms with Gasteiger partial charge in [-0.05, 0) is 19.9 Å². The first-order valence-corrected chi connectivity index (χ1v) is 3.63. The molecule has 3 nitrogen and oxygen atoms in total. The number of ether oxygens (including phenoxy) is 1. The number of hydrogen-bond acceptors (Lipinski definition) is 3. The van der Waals surface area contributed by atoms with Gasteiger partial charge in [0.25, 0.3) is 0 Å². The van der Waals surface area contributed by atoms with Crippen molar-refractivity contribution in [3.05, 3.63) is 11.8 Å². The highest BCUT2D eigenvalue weighted by atomic mass is 16.5. The van der Waals surface area contributed by atoms with Gasteiger partial charge in [-0.2, -0.15) is 0 Å². The van der Waals surface area contributed by atoms with Gasteiger partial charge in [-0.3, -0.25) is 4.99 Å². The van der Waals surface area contributed by atoms with Crippen molar-refractivity contribution in [1.29, 1.82) is 0 Å². The lowest BCUT2D eigenvalue weighted by atomic mass is 10.1. The van der Waals surface area contributed by atoms with Crippen molar-refractivity contribution in [3.8, 4) is 0 Å². The molecule has 0 radical (unpaired) electrons. The fourth-order valence-electron chi connectivity index (χ4n) is 0.785. The molecule has 0 aliphatic carbocycles. The van der Waals surface area contributed by atoms with E-state index in [1.165, 1.54) is 0 Å². The zero-order valence-corrected chi connectivity index (χ0v) is 6.87. The Bertz CT molecular complexity index is 194. The lowest BCUT2D eigenvalue weighted by Crippen LogP contribution is -2.28. The molecule has 1 N–H and O–H groups in total. The minimum atomic E-state index is -0.487. The van der Waals surface area contributed by atoms with Crippen LogP contribution in [0.15, 0.2) is 16.8 Å². The highest BCUT2D eigenvalue weighted by molar-refractivity contribution is 5.74. The summed E-state index contributed by atoms with van der Waals surface area (Å²) in [4.78, 5) is 3.96. The van der Waals surface area contributed by atoms with Crippen LogP contribution in [0.4, 0.5) is 0 Å². The SMILES string of the molecule is CC(C)(CO)OC1=CC=NC1. The monoisotopic (exact) mass is 155 g/mol. The van der Waals surface area contributed by atoms with Crippen LogP contribution in [0.5, 0.6) is 0 Å². The average Bonchev–Trinajstić information content (AvgIpc) is 2.39. The number of aliphatic imine (C=N–C) groups is 1. The van der Waals surface area contributed by atoms with E-state index in [1.54, 1.807) is 6.21 Å². The molecule has 0 aromatic carbocycles. The van der Waals surface area contributed by atoms with Crippen LogP contribution in [0.25, 0.3) is 0 Å². The van der Waals surface area contributed by atoms with Gasteiger partial charge in [0.1, 0.15) is 11.4 Å². The van der Waals surface area contributed by atoms with E-state index >= 15 is 0 Å². The maximum Gasteiger partial charge on any atom is 0.126 e. The molecule has 0 saturated heterocycles. The zero-order chi connectivity index (χ0) is 8.32. The molecule has 0 fully saturated rings. The quantitative estimate of drug-likeness (QED) is 0.653. The first-order valence-electron chi connectivity index (χ1n) is 3.63. The highest BCUT2D eigenvalue weighted by Gasteiger charge is 2.19. The largest absolute Gasteiger partial charge is 0.488 e. The van der Waals surface area contributed by atoms with Crippen LogP contribution in [0.2, 0.25) is 0 Å². The summed E-state index contributed by atoms with van der Waals surface area (Å²) in [7, 11) is 0. The fraction of sp³-hybridized carbons (Fsp3) is 0.625. The molecule has 11 heavy (non-hydrogen) atoms. The summed E-state index contributed by atoms with van der Waals surface area (Å²) >= 11 is 0. The Morgan fingerprint density at radius 1 is 1.73 bits per heavy atom. The van der Waals surface area contributed by atoms with Gasteiger partial charge in [0.2, 0.25) is 0 Å². The molecule has 1 aliphatic rings. The summed E-state index contributed by atoms with van der Waals surface area (Å²) in [5.74, 6) is 0.823. The third-order valence-corrected chi connectivity index (χ3v) is 1.40. The van der Waals surface area contributed by atoms with Crippen LogP contribution in [0, 0.1) is 0 Å². The number of rotatable bonds is 3. The van der Waals surface area contributed by atoms with Crippen molar-refractivity contribution in [2.75, 3.05) is 13.2 Å². The smallest absolute Gasteiger partial charge is 0.126 e. The predicted octanol–water partition coefficient (Wildman–Crippen LogP) is 0.742. The first kappa shape index (κ1) is 8.27. The van der Waals surface area contributed by atoms with Crippen LogP contribution >= 0.6 is 0 Å². The van der Waals surface area contributed by atoms with Crippen molar-refractivity contribution < 1.29 is 9.84 Å². The molecular weight excluding hydrogens is 142 g/mol. The second-order valence-corrected chi connectivity index (χ2v) is 3.14. The molecule has 0 aromatic rings. The van der Waals surface area contributed by atoms with Crippen molar-refractivity contribution in [1.82, 2.24) is 0 Å². The third kappa shape index (κ3) is 2.35. The summed E-state index contributed by atoms with van der Waals surface area (Å²) in [6.45, 7) is 4.30. The maximum absolute atomic E-state index is 8.86. The van der Waals surface area contributed by atoms with Gasteiger partial charge in [0.05, 0.1) is 13.2 Å². The Kier molecular flexibility index (Phi) is 2.29. The van der Waals surface area contributed by atoms with Gasteiger partial charge in [0, 0.05) is 6.21 Å².